The molecular weight excluding hydrogens is 180 g/mol. The van der Waals surface area contributed by atoms with Gasteiger partial charge in [-0.05, 0) is 6.54 Å². The fourth-order valence-electron chi connectivity index (χ4n) is 1.66. The van der Waals surface area contributed by atoms with Crippen molar-refractivity contribution < 1.29 is 9.53 Å². The van der Waals surface area contributed by atoms with Gasteiger partial charge in [0.1, 0.15) is 0 Å². The number of piperazine rings is 1. The lowest BCUT2D eigenvalue weighted by Gasteiger charge is -2.34. The Bertz CT molecular complexity index is 177. The van der Waals surface area contributed by atoms with Crippen molar-refractivity contribution in [2.75, 3.05) is 46.4 Å². The van der Waals surface area contributed by atoms with Crippen molar-refractivity contribution in [1.29, 1.82) is 0 Å². The second-order valence-corrected chi connectivity index (χ2v) is 3.56. The molecule has 1 rings (SSSR count). The van der Waals surface area contributed by atoms with E-state index in [0.29, 0.717) is 13.0 Å². The minimum atomic E-state index is 0.225. The first kappa shape index (κ1) is 11.5. The van der Waals surface area contributed by atoms with E-state index >= 15 is 0 Å². The molecule has 1 amide bonds. The molecule has 1 heterocycles. The van der Waals surface area contributed by atoms with Crippen LogP contribution in [0.15, 0.2) is 0 Å². The molecule has 0 aromatic carbocycles. The second-order valence-electron chi connectivity index (χ2n) is 3.56. The quantitative estimate of drug-likeness (QED) is 0.649. The van der Waals surface area contributed by atoms with Crippen LogP contribution in [0, 0.1) is 0 Å². The molecule has 0 bridgehead atoms. The van der Waals surface area contributed by atoms with Gasteiger partial charge in [0.2, 0.25) is 5.91 Å². The molecule has 1 aliphatic rings. The number of amides is 1. The monoisotopic (exact) mass is 200 g/mol. The van der Waals surface area contributed by atoms with Crippen molar-refractivity contribution in [3.63, 3.8) is 0 Å². The predicted molar refractivity (Wildman–Crippen MR) is 55.2 cm³/mol. The molecule has 1 fully saturated rings. The summed E-state index contributed by atoms with van der Waals surface area (Å²) < 4.78 is 4.89. The van der Waals surface area contributed by atoms with Crippen molar-refractivity contribution in [2.45, 2.75) is 13.3 Å². The lowest BCUT2D eigenvalue weighted by atomic mass is 10.3. The zero-order valence-corrected chi connectivity index (χ0v) is 9.16. The third-order valence-corrected chi connectivity index (χ3v) is 2.69. The molecule has 1 saturated heterocycles. The first-order valence-corrected chi connectivity index (χ1v) is 5.27. The Morgan fingerprint density at radius 1 is 1.29 bits per heavy atom. The normalized spacial score (nSPS) is 18.6. The maximum Gasteiger partial charge on any atom is 0.224 e. The van der Waals surface area contributed by atoms with Crippen molar-refractivity contribution in [2.24, 2.45) is 0 Å². The van der Waals surface area contributed by atoms with Crippen LogP contribution in [-0.2, 0) is 9.53 Å². The highest BCUT2D eigenvalue weighted by atomic mass is 16.5. The minimum absolute atomic E-state index is 0.225. The second kappa shape index (κ2) is 5.98. The summed E-state index contributed by atoms with van der Waals surface area (Å²) in [5.74, 6) is 0.225. The number of likely N-dealkylation sites (N-methyl/N-ethyl adjacent to an activating group) is 1. The third kappa shape index (κ3) is 3.27. The Hall–Kier alpha value is -0.610. The van der Waals surface area contributed by atoms with Crippen LogP contribution in [0.25, 0.3) is 0 Å². The van der Waals surface area contributed by atoms with E-state index < -0.39 is 0 Å². The van der Waals surface area contributed by atoms with Gasteiger partial charge in [-0.15, -0.1) is 0 Å². The van der Waals surface area contributed by atoms with E-state index in [9.17, 15) is 4.79 Å². The fraction of sp³-hybridized carbons (Fsp3) is 0.900. The fourth-order valence-corrected chi connectivity index (χ4v) is 1.66. The highest BCUT2D eigenvalue weighted by Gasteiger charge is 2.19. The minimum Gasteiger partial charge on any atom is -0.384 e. The van der Waals surface area contributed by atoms with Gasteiger partial charge in [-0.2, -0.15) is 0 Å². The standard InChI is InChI=1S/C10H20N2O2/c1-3-11-5-7-12(8-6-11)10(13)4-9-14-2/h3-9H2,1-2H3. The molecule has 0 unspecified atom stereocenters. The summed E-state index contributed by atoms with van der Waals surface area (Å²) in [7, 11) is 1.63. The van der Waals surface area contributed by atoms with E-state index in [0.717, 1.165) is 32.7 Å². The Morgan fingerprint density at radius 3 is 2.43 bits per heavy atom. The van der Waals surface area contributed by atoms with E-state index in [4.69, 9.17) is 4.74 Å². The first-order valence-electron chi connectivity index (χ1n) is 5.27. The summed E-state index contributed by atoms with van der Waals surface area (Å²) >= 11 is 0. The number of carbonyl (C=O) groups is 1. The number of ether oxygens (including phenoxy) is 1. The molecule has 0 aromatic heterocycles. The zero-order valence-electron chi connectivity index (χ0n) is 9.16. The van der Waals surface area contributed by atoms with E-state index in [2.05, 4.69) is 11.8 Å². The molecule has 0 saturated carbocycles. The van der Waals surface area contributed by atoms with Crippen LogP contribution < -0.4 is 0 Å². The Balaban J connectivity index is 2.23. The van der Waals surface area contributed by atoms with Crippen LogP contribution in [0.5, 0.6) is 0 Å². The van der Waals surface area contributed by atoms with Crippen LogP contribution in [0.4, 0.5) is 0 Å². The van der Waals surface area contributed by atoms with Crippen LogP contribution in [0.3, 0.4) is 0 Å². The average Bonchev–Trinajstić information content (AvgIpc) is 2.26. The van der Waals surface area contributed by atoms with Gasteiger partial charge >= 0.3 is 0 Å². The molecule has 82 valence electrons. The van der Waals surface area contributed by atoms with Crippen molar-refractivity contribution >= 4 is 5.91 Å². The summed E-state index contributed by atoms with van der Waals surface area (Å²) in [6.07, 6.45) is 0.516. The number of methoxy groups -OCH3 is 1. The molecule has 0 spiro atoms. The summed E-state index contributed by atoms with van der Waals surface area (Å²) in [5, 5.41) is 0. The zero-order chi connectivity index (χ0) is 10.4. The van der Waals surface area contributed by atoms with Gasteiger partial charge < -0.3 is 14.5 Å². The van der Waals surface area contributed by atoms with E-state index in [-0.39, 0.29) is 5.91 Å². The van der Waals surface area contributed by atoms with Crippen LogP contribution in [0.1, 0.15) is 13.3 Å². The molecule has 0 aliphatic carbocycles. The largest absolute Gasteiger partial charge is 0.384 e. The van der Waals surface area contributed by atoms with E-state index in [1.54, 1.807) is 7.11 Å². The molecule has 0 N–H and O–H groups in total. The van der Waals surface area contributed by atoms with Crippen LogP contribution in [-0.4, -0.2) is 62.1 Å². The molecule has 4 nitrogen and oxygen atoms in total. The van der Waals surface area contributed by atoms with Crippen LogP contribution >= 0.6 is 0 Å². The van der Waals surface area contributed by atoms with Crippen LogP contribution in [0.2, 0.25) is 0 Å². The molecule has 14 heavy (non-hydrogen) atoms. The lowest BCUT2D eigenvalue weighted by molar-refractivity contribution is -0.133. The van der Waals surface area contributed by atoms with E-state index in [1.807, 2.05) is 4.90 Å². The van der Waals surface area contributed by atoms with Gasteiger partial charge in [-0.3, -0.25) is 4.79 Å². The summed E-state index contributed by atoms with van der Waals surface area (Å²) in [5.41, 5.74) is 0. The smallest absolute Gasteiger partial charge is 0.224 e. The SMILES string of the molecule is CCN1CCN(C(=O)CCOC)CC1. The average molecular weight is 200 g/mol. The number of carbonyl (C=O) groups excluding carboxylic acids is 1. The number of nitrogens with zero attached hydrogens (tertiary/aromatic N) is 2. The highest BCUT2D eigenvalue weighted by molar-refractivity contribution is 5.76. The van der Waals surface area contributed by atoms with Crippen molar-refractivity contribution in [3.8, 4) is 0 Å². The Kier molecular flexibility index (Phi) is 4.90. The Morgan fingerprint density at radius 2 is 1.93 bits per heavy atom. The maximum atomic E-state index is 11.6. The number of hydrogen-bond donors (Lipinski definition) is 0. The van der Waals surface area contributed by atoms with Gasteiger partial charge in [0.25, 0.3) is 0 Å². The van der Waals surface area contributed by atoms with Gasteiger partial charge in [-0.25, -0.2) is 0 Å². The van der Waals surface area contributed by atoms with Crippen molar-refractivity contribution in [3.05, 3.63) is 0 Å². The van der Waals surface area contributed by atoms with Gasteiger partial charge in [-0.1, -0.05) is 6.92 Å². The summed E-state index contributed by atoms with van der Waals surface area (Å²) in [6, 6.07) is 0. The molecular formula is C10H20N2O2. The number of rotatable bonds is 4. The lowest BCUT2D eigenvalue weighted by Crippen LogP contribution is -2.48. The highest BCUT2D eigenvalue weighted by Crippen LogP contribution is 2.03. The molecule has 4 heteroatoms. The summed E-state index contributed by atoms with van der Waals surface area (Å²) in [6.45, 7) is 7.53. The topological polar surface area (TPSA) is 32.8 Å². The first-order chi connectivity index (χ1) is 6.77. The van der Waals surface area contributed by atoms with Gasteiger partial charge in [0.15, 0.2) is 0 Å². The van der Waals surface area contributed by atoms with E-state index in [1.165, 1.54) is 0 Å². The molecule has 0 atom stereocenters. The summed E-state index contributed by atoms with van der Waals surface area (Å²) in [4.78, 5) is 15.9. The van der Waals surface area contributed by atoms with Gasteiger partial charge in [0.05, 0.1) is 13.0 Å². The van der Waals surface area contributed by atoms with Crippen molar-refractivity contribution in [1.82, 2.24) is 9.80 Å². The molecule has 0 radical (unpaired) electrons. The number of hydrogen-bond acceptors (Lipinski definition) is 3. The molecule has 1 aliphatic heterocycles. The maximum absolute atomic E-state index is 11.6. The molecule has 0 aromatic rings. The predicted octanol–water partition coefficient (Wildman–Crippen LogP) is 0.187. The third-order valence-electron chi connectivity index (χ3n) is 2.69. The van der Waals surface area contributed by atoms with Gasteiger partial charge in [0, 0.05) is 33.3 Å². The Labute approximate surface area is 85.8 Å².